The number of para-hydroxylation sites is 1. The highest BCUT2D eigenvalue weighted by atomic mass is 16.5. The minimum atomic E-state index is -0.336. The number of hydrogen-bond acceptors (Lipinski definition) is 6. The highest BCUT2D eigenvalue weighted by molar-refractivity contribution is 6.07. The lowest BCUT2D eigenvalue weighted by atomic mass is 10.0. The average Bonchev–Trinajstić information content (AvgIpc) is 2.83. The van der Waals surface area contributed by atoms with Gasteiger partial charge in [-0.05, 0) is 42.0 Å². The Labute approximate surface area is 179 Å². The van der Waals surface area contributed by atoms with Crippen molar-refractivity contribution in [3.8, 4) is 22.8 Å². The molecule has 2 heterocycles. The summed E-state index contributed by atoms with van der Waals surface area (Å²) >= 11 is 0. The number of amides is 1. The molecule has 0 bridgehead atoms. The summed E-state index contributed by atoms with van der Waals surface area (Å²) in [7, 11) is 3.18. The van der Waals surface area contributed by atoms with Crippen molar-refractivity contribution in [1.82, 2.24) is 15.4 Å². The number of carbonyl (C=O) groups excluding carboxylic acids is 1. The van der Waals surface area contributed by atoms with Crippen LogP contribution in [-0.4, -0.2) is 36.3 Å². The number of benzene rings is 2. The number of methoxy groups -OCH3 is 2. The molecule has 0 fully saturated rings. The van der Waals surface area contributed by atoms with Gasteiger partial charge in [0, 0.05) is 29.4 Å². The summed E-state index contributed by atoms with van der Waals surface area (Å²) in [6.45, 7) is 0. The fourth-order valence-corrected chi connectivity index (χ4v) is 3.19. The third kappa shape index (κ3) is 4.35. The summed E-state index contributed by atoms with van der Waals surface area (Å²) in [6, 6.07) is 18.3. The van der Waals surface area contributed by atoms with Gasteiger partial charge < -0.3 is 9.47 Å². The maximum Gasteiger partial charge on any atom is 0.272 e. The summed E-state index contributed by atoms with van der Waals surface area (Å²) in [5.74, 6) is 0.937. The minimum Gasteiger partial charge on any atom is -0.497 e. The number of fused-ring (bicyclic) bond motifs is 1. The quantitative estimate of drug-likeness (QED) is 0.381. The van der Waals surface area contributed by atoms with E-state index in [1.165, 1.54) is 0 Å². The van der Waals surface area contributed by atoms with Crippen LogP contribution in [-0.2, 0) is 0 Å². The summed E-state index contributed by atoms with van der Waals surface area (Å²) < 4.78 is 10.8. The Morgan fingerprint density at radius 3 is 2.58 bits per heavy atom. The standard InChI is InChI=1S/C24H20N4O3/c1-30-17-7-8-19(23(13-17)31-2)22-14-20(18-5-3-4-6-21(18)27-22)24(29)28-26-15-16-9-11-25-12-10-16/h3-15H,1-2H3,(H,28,29)/b26-15-. The maximum absolute atomic E-state index is 13.0. The second-order valence-corrected chi connectivity index (χ2v) is 6.62. The predicted molar refractivity (Wildman–Crippen MR) is 120 cm³/mol. The van der Waals surface area contributed by atoms with Crippen molar-refractivity contribution in [2.75, 3.05) is 14.2 Å². The predicted octanol–water partition coefficient (Wildman–Crippen LogP) is 4.08. The molecule has 0 aliphatic carbocycles. The second kappa shape index (κ2) is 9.04. The van der Waals surface area contributed by atoms with Gasteiger partial charge in [-0.3, -0.25) is 9.78 Å². The van der Waals surface area contributed by atoms with Crippen molar-refractivity contribution in [3.05, 3.63) is 84.2 Å². The lowest BCUT2D eigenvalue weighted by molar-refractivity contribution is 0.0956. The summed E-state index contributed by atoms with van der Waals surface area (Å²) in [6.07, 6.45) is 4.89. The summed E-state index contributed by atoms with van der Waals surface area (Å²) in [5.41, 5.74) is 5.95. The first-order valence-electron chi connectivity index (χ1n) is 9.55. The first-order chi connectivity index (χ1) is 15.2. The van der Waals surface area contributed by atoms with Crippen LogP contribution in [0.3, 0.4) is 0 Å². The number of carbonyl (C=O) groups is 1. The van der Waals surface area contributed by atoms with Gasteiger partial charge in [-0.15, -0.1) is 0 Å². The number of rotatable bonds is 6. The Balaban J connectivity index is 1.73. The van der Waals surface area contributed by atoms with E-state index < -0.39 is 0 Å². The molecule has 1 N–H and O–H groups in total. The number of ether oxygens (including phenoxy) is 2. The van der Waals surface area contributed by atoms with Gasteiger partial charge in [0.25, 0.3) is 5.91 Å². The van der Waals surface area contributed by atoms with Crippen molar-refractivity contribution in [3.63, 3.8) is 0 Å². The number of nitrogens with zero attached hydrogens (tertiary/aromatic N) is 3. The first kappa shape index (κ1) is 20.0. The van der Waals surface area contributed by atoms with Gasteiger partial charge in [0.1, 0.15) is 11.5 Å². The Morgan fingerprint density at radius 2 is 1.81 bits per heavy atom. The van der Waals surface area contributed by atoms with Gasteiger partial charge in [0.15, 0.2) is 0 Å². The number of hydrogen-bond donors (Lipinski definition) is 1. The summed E-state index contributed by atoms with van der Waals surface area (Å²) in [4.78, 5) is 21.7. The van der Waals surface area contributed by atoms with Gasteiger partial charge in [-0.1, -0.05) is 18.2 Å². The molecule has 2 aromatic carbocycles. The lowest BCUT2D eigenvalue weighted by Crippen LogP contribution is -2.18. The fraction of sp³-hybridized carbons (Fsp3) is 0.0833. The molecular formula is C24H20N4O3. The lowest BCUT2D eigenvalue weighted by Gasteiger charge is -2.12. The van der Waals surface area contributed by atoms with Crippen LogP contribution in [0.4, 0.5) is 0 Å². The van der Waals surface area contributed by atoms with Gasteiger partial charge >= 0.3 is 0 Å². The smallest absolute Gasteiger partial charge is 0.272 e. The third-order valence-corrected chi connectivity index (χ3v) is 4.73. The van der Waals surface area contributed by atoms with Crippen LogP contribution in [0.1, 0.15) is 15.9 Å². The van der Waals surface area contributed by atoms with Crippen LogP contribution in [0.25, 0.3) is 22.2 Å². The molecule has 2 aromatic heterocycles. The number of pyridine rings is 2. The topological polar surface area (TPSA) is 85.7 Å². The SMILES string of the molecule is COc1ccc(-c2cc(C(=O)N/N=C\c3ccncc3)c3ccccc3n2)c(OC)c1. The molecule has 0 aliphatic rings. The zero-order valence-electron chi connectivity index (χ0n) is 17.1. The zero-order chi connectivity index (χ0) is 21.6. The molecule has 0 saturated carbocycles. The first-order valence-corrected chi connectivity index (χ1v) is 9.55. The molecule has 0 spiro atoms. The van der Waals surface area contributed by atoms with Crippen LogP contribution >= 0.6 is 0 Å². The van der Waals surface area contributed by atoms with E-state index >= 15 is 0 Å². The third-order valence-electron chi connectivity index (χ3n) is 4.73. The van der Waals surface area contributed by atoms with Crippen LogP contribution in [0, 0.1) is 0 Å². The Morgan fingerprint density at radius 1 is 1.00 bits per heavy atom. The number of nitrogens with one attached hydrogen (secondary N) is 1. The molecule has 7 nitrogen and oxygen atoms in total. The Bertz CT molecular complexity index is 1260. The van der Waals surface area contributed by atoms with Crippen molar-refractivity contribution < 1.29 is 14.3 Å². The van der Waals surface area contributed by atoms with E-state index in [-0.39, 0.29) is 5.91 Å². The van der Waals surface area contributed by atoms with E-state index in [0.717, 1.165) is 16.5 Å². The van der Waals surface area contributed by atoms with Crippen molar-refractivity contribution >= 4 is 23.0 Å². The maximum atomic E-state index is 13.0. The molecule has 0 saturated heterocycles. The Hall–Kier alpha value is -4.26. The average molecular weight is 412 g/mol. The molecule has 0 atom stereocenters. The molecular weight excluding hydrogens is 392 g/mol. The van der Waals surface area contributed by atoms with Gasteiger partial charge in [0.2, 0.25) is 0 Å². The van der Waals surface area contributed by atoms with Crippen molar-refractivity contribution in [2.45, 2.75) is 0 Å². The largest absolute Gasteiger partial charge is 0.497 e. The molecule has 31 heavy (non-hydrogen) atoms. The van der Waals surface area contributed by atoms with Crippen LogP contribution < -0.4 is 14.9 Å². The highest BCUT2D eigenvalue weighted by Crippen LogP contribution is 2.34. The molecule has 4 aromatic rings. The molecule has 0 radical (unpaired) electrons. The second-order valence-electron chi connectivity index (χ2n) is 6.62. The van der Waals surface area contributed by atoms with E-state index in [4.69, 9.17) is 14.5 Å². The molecule has 1 amide bonds. The normalized spacial score (nSPS) is 10.9. The van der Waals surface area contributed by atoms with E-state index in [1.54, 1.807) is 57.1 Å². The highest BCUT2D eigenvalue weighted by Gasteiger charge is 2.16. The summed E-state index contributed by atoms with van der Waals surface area (Å²) in [5, 5.41) is 4.80. The zero-order valence-corrected chi connectivity index (χ0v) is 17.1. The van der Waals surface area contributed by atoms with Crippen LogP contribution in [0.5, 0.6) is 11.5 Å². The molecule has 4 rings (SSSR count). The van der Waals surface area contributed by atoms with Crippen molar-refractivity contribution in [2.24, 2.45) is 5.10 Å². The molecule has 154 valence electrons. The number of hydrazone groups is 1. The Kier molecular flexibility index (Phi) is 5.84. The van der Waals surface area contributed by atoms with E-state index in [1.807, 2.05) is 36.4 Å². The van der Waals surface area contributed by atoms with Gasteiger partial charge in [0.05, 0.1) is 37.2 Å². The van der Waals surface area contributed by atoms with Crippen LogP contribution in [0.2, 0.25) is 0 Å². The molecule has 7 heteroatoms. The number of aromatic nitrogens is 2. The van der Waals surface area contributed by atoms with Gasteiger partial charge in [-0.2, -0.15) is 5.10 Å². The minimum absolute atomic E-state index is 0.336. The van der Waals surface area contributed by atoms with Crippen LogP contribution in [0.15, 0.2) is 78.2 Å². The van der Waals surface area contributed by atoms with E-state index in [2.05, 4.69) is 15.5 Å². The monoisotopic (exact) mass is 412 g/mol. The fourth-order valence-electron chi connectivity index (χ4n) is 3.19. The van der Waals surface area contributed by atoms with Gasteiger partial charge in [-0.25, -0.2) is 10.4 Å². The molecule has 0 aliphatic heterocycles. The molecule has 0 unspecified atom stereocenters. The van der Waals surface area contributed by atoms with E-state index in [9.17, 15) is 4.79 Å². The van der Waals surface area contributed by atoms with Crippen molar-refractivity contribution in [1.29, 1.82) is 0 Å². The van der Waals surface area contributed by atoms with E-state index in [0.29, 0.717) is 28.3 Å².